The van der Waals surface area contributed by atoms with E-state index in [0.29, 0.717) is 17.5 Å². The maximum absolute atomic E-state index is 5.08. The number of rotatable bonds is 6. The topological polar surface area (TPSA) is 38.7 Å². The third-order valence-corrected chi connectivity index (χ3v) is 10.2. The highest BCUT2D eigenvalue weighted by atomic mass is 32.1. The summed E-state index contributed by atoms with van der Waals surface area (Å²) in [5.41, 5.74) is 10.1. The van der Waals surface area contributed by atoms with Crippen molar-refractivity contribution < 1.29 is 0 Å². The minimum absolute atomic E-state index is 0.655. The molecule has 0 saturated heterocycles. The Labute approximate surface area is 288 Å². The maximum Gasteiger partial charge on any atom is 0.165 e. The van der Waals surface area contributed by atoms with Gasteiger partial charge in [0.05, 0.1) is 0 Å². The van der Waals surface area contributed by atoms with Gasteiger partial charge < -0.3 is 0 Å². The third kappa shape index (κ3) is 5.58. The Balaban J connectivity index is 1.05. The molecule has 0 spiro atoms. The number of thiophene rings is 1. The Hall–Kier alpha value is -6.23. The summed E-state index contributed by atoms with van der Waals surface area (Å²) in [7, 11) is 0. The summed E-state index contributed by atoms with van der Waals surface area (Å²) in [5.74, 6) is 2.00. The van der Waals surface area contributed by atoms with Gasteiger partial charge in [0.15, 0.2) is 17.5 Å². The lowest BCUT2D eigenvalue weighted by Gasteiger charge is -2.10. The molecule has 0 unspecified atom stereocenters. The van der Waals surface area contributed by atoms with E-state index in [9.17, 15) is 0 Å². The molecule has 0 aliphatic rings. The molecule has 2 heterocycles. The van der Waals surface area contributed by atoms with Crippen LogP contribution in [0.5, 0.6) is 0 Å². The van der Waals surface area contributed by atoms with Gasteiger partial charge in [-0.2, -0.15) is 0 Å². The number of hydrogen-bond donors (Lipinski definition) is 0. The van der Waals surface area contributed by atoms with E-state index in [0.717, 1.165) is 27.8 Å². The van der Waals surface area contributed by atoms with E-state index in [4.69, 9.17) is 15.0 Å². The summed E-state index contributed by atoms with van der Waals surface area (Å²) >= 11 is 1.78. The summed E-state index contributed by atoms with van der Waals surface area (Å²) in [4.78, 5) is 15.1. The summed E-state index contributed by atoms with van der Waals surface area (Å²) in [6, 6.07) is 61.6. The minimum atomic E-state index is 0.655. The molecule has 7 aromatic carbocycles. The van der Waals surface area contributed by atoms with Crippen molar-refractivity contribution in [3.8, 4) is 67.5 Å². The number of hydrogen-bond acceptors (Lipinski definition) is 4. The molecule has 0 radical (unpaired) electrons. The molecular weight excluding hydrogens is 615 g/mol. The second-order valence-corrected chi connectivity index (χ2v) is 13.1. The fourth-order valence-electron chi connectivity index (χ4n) is 6.42. The third-order valence-electron chi connectivity index (χ3n) is 9.00. The van der Waals surface area contributed by atoms with Crippen LogP contribution in [0.4, 0.5) is 0 Å². The van der Waals surface area contributed by atoms with Crippen molar-refractivity contribution in [3.05, 3.63) is 176 Å². The number of nitrogens with zero attached hydrogens (tertiary/aromatic N) is 3. The fraction of sp³-hybridized carbons (Fsp3) is 0. The average molecular weight is 644 g/mol. The average Bonchev–Trinajstić information content (AvgIpc) is 3.58. The molecule has 0 N–H and O–H groups in total. The predicted molar refractivity (Wildman–Crippen MR) is 205 cm³/mol. The molecule has 0 bridgehead atoms. The minimum Gasteiger partial charge on any atom is -0.208 e. The van der Waals surface area contributed by atoms with Gasteiger partial charge in [0, 0.05) is 36.9 Å². The van der Waals surface area contributed by atoms with Gasteiger partial charge >= 0.3 is 0 Å². The van der Waals surface area contributed by atoms with Gasteiger partial charge in [0.1, 0.15) is 0 Å². The van der Waals surface area contributed by atoms with Crippen LogP contribution in [-0.2, 0) is 0 Å². The first-order valence-electron chi connectivity index (χ1n) is 16.4. The van der Waals surface area contributed by atoms with Crippen LogP contribution < -0.4 is 0 Å². The second kappa shape index (κ2) is 12.4. The van der Waals surface area contributed by atoms with Crippen LogP contribution in [0.15, 0.2) is 176 Å². The molecule has 9 rings (SSSR count). The molecular formula is C45H29N3S. The first kappa shape index (κ1) is 29.0. The maximum atomic E-state index is 5.08. The zero-order valence-corrected chi connectivity index (χ0v) is 27.3. The number of aromatic nitrogens is 3. The first-order valence-corrected chi connectivity index (χ1v) is 17.2. The molecule has 0 saturated carbocycles. The van der Waals surface area contributed by atoms with Gasteiger partial charge in [0.25, 0.3) is 0 Å². The standard InChI is InChI=1S/C45H29N3S/c1-3-10-30(11-4-1)31-18-20-32(21-19-31)33-22-24-34(25-23-33)35-26-28-37(29-27-35)44-46-43(36-12-5-2-6-13-36)47-45(48-44)40-16-9-15-39-38-14-7-8-17-41(38)49-42(39)40/h1-29H. The van der Waals surface area contributed by atoms with E-state index >= 15 is 0 Å². The second-order valence-electron chi connectivity index (χ2n) is 12.1. The Morgan fingerprint density at radius 2 is 0.673 bits per heavy atom. The Morgan fingerprint density at radius 1 is 0.286 bits per heavy atom. The van der Waals surface area contributed by atoms with Crippen molar-refractivity contribution in [2.45, 2.75) is 0 Å². The molecule has 4 heteroatoms. The van der Waals surface area contributed by atoms with Crippen molar-refractivity contribution >= 4 is 31.5 Å². The highest BCUT2D eigenvalue weighted by molar-refractivity contribution is 7.26. The van der Waals surface area contributed by atoms with Crippen molar-refractivity contribution in [2.75, 3.05) is 0 Å². The highest BCUT2D eigenvalue weighted by Gasteiger charge is 2.16. The molecule has 0 amide bonds. The van der Waals surface area contributed by atoms with Crippen molar-refractivity contribution in [2.24, 2.45) is 0 Å². The largest absolute Gasteiger partial charge is 0.208 e. The molecule has 2 aromatic heterocycles. The lowest BCUT2D eigenvalue weighted by molar-refractivity contribution is 1.08. The van der Waals surface area contributed by atoms with Gasteiger partial charge in [-0.1, -0.05) is 164 Å². The van der Waals surface area contributed by atoms with Crippen LogP contribution in [0.2, 0.25) is 0 Å². The van der Waals surface area contributed by atoms with Crippen molar-refractivity contribution in [1.82, 2.24) is 15.0 Å². The Morgan fingerprint density at radius 3 is 1.22 bits per heavy atom. The molecule has 230 valence electrons. The monoisotopic (exact) mass is 643 g/mol. The summed E-state index contributed by atoms with van der Waals surface area (Å²) in [6.07, 6.45) is 0. The fourth-order valence-corrected chi connectivity index (χ4v) is 7.63. The zero-order chi connectivity index (χ0) is 32.6. The van der Waals surface area contributed by atoms with Crippen molar-refractivity contribution in [1.29, 1.82) is 0 Å². The zero-order valence-electron chi connectivity index (χ0n) is 26.5. The smallest absolute Gasteiger partial charge is 0.165 e. The molecule has 0 aliphatic carbocycles. The van der Waals surface area contributed by atoms with Crippen LogP contribution in [0.3, 0.4) is 0 Å². The Bertz CT molecular complexity index is 2560. The van der Waals surface area contributed by atoms with Gasteiger partial charge in [-0.15, -0.1) is 11.3 Å². The van der Waals surface area contributed by atoms with Crippen LogP contribution in [-0.4, -0.2) is 15.0 Å². The summed E-state index contributed by atoms with van der Waals surface area (Å²) < 4.78 is 2.44. The first-order chi connectivity index (χ1) is 24.3. The van der Waals surface area contributed by atoms with E-state index in [-0.39, 0.29) is 0 Å². The lowest BCUT2D eigenvalue weighted by Crippen LogP contribution is -2.00. The lowest BCUT2D eigenvalue weighted by atomic mass is 9.98. The normalized spacial score (nSPS) is 11.3. The van der Waals surface area contributed by atoms with Gasteiger partial charge in [-0.05, 0) is 45.5 Å². The van der Waals surface area contributed by atoms with E-state index in [1.807, 2.05) is 36.4 Å². The highest BCUT2D eigenvalue weighted by Crippen LogP contribution is 2.39. The number of benzene rings is 7. The number of fused-ring (bicyclic) bond motifs is 3. The molecule has 0 fully saturated rings. The molecule has 0 atom stereocenters. The van der Waals surface area contributed by atoms with E-state index < -0.39 is 0 Å². The molecule has 0 aliphatic heterocycles. The van der Waals surface area contributed by atoms with Gasteiger partial charge in [-0.3, -0.25) is 0 Å². The van der Waals surface area contributed by atoms with Gasteiger partial charge in [-0.25, -0.2) is 15.0 Å². The van der Waals surface area contributed by atoms with E-state index in [1.165, 1.54) is 42.4 Å². The van der Waals surface area contributed by atoms with Crippen molar-refractivity contribution in [3.63, 3.8) is 0 Å². The van der Waals surface area contributed by atoms with Crippen LogP contribution in [0, 0.1) is 0 Å². The molecule has 9 aromatic rings. The predicted octanol–water partition coefficient (Wildman–Crippen LogP) is 12.2. The Kier molecular flexibility index (Phi) is 7.34. The van der Waals surface area contributed by atoms with Crippen LogP contribution in [0.1, 0.15) is 0 Å². The summed E-state index contributed by atoms with van der Waals surface area (Å²) in [6.45, 7) is 0. The SMILES string of the molecule is c1ccc(-c2ccc(-c3ccc(-c4ccc(-c5nc(-c6ccccc6)nc(-c6cccc7c6sc6ccccc67)n5)cc4)cc3)cc2)cc1. The molecule has 49 heavy (non-hydrogen) atoms. The molecule has 3 nitrogen and oxygen atoms in total. The quantitative estimate of drug-likeness (QED) is 0.181. The van der Waals surface area contributed by atoms with E-state index in [1.54, 1.807) is 11.3 Å². The van der Waals surface area contributed by atoms with Crippen LogP contribution >= 0.6 is 11.3 Å². The van der Waals surface area contributed by atoms with Crippen LogP contribution in [0.25, 0.3) is 87.7 Å². The van der Waals surface area contributed by atoms with E-state index in [2.05, 4.69) is 140 Å². The summed E-state index contributed by atoms with van der Waals surface area (Å²) in [5, 5.41) is 2.48. The van der Waals surface area contributed by atoms with Gasteiger partial charge in [0.2, 0.25) is 0 Å².